The van der Waals surface area contributed by atoms with Gasteiger partial charge in [-0.15, -0.1) is 0 Å². The van der Waals surface area contributed by atoms with Crippen LogP contribution in [0.3, 0.4) is 0 Å². The van der Waals surface area contributed by atoms with Crippen LogP contribution in [0.5, 0.6) is 17.2 Å². The van der Waals surface area contributed by atoms with E-state index in [-0.39, 0.29) is 5.91 Å². The van der Waals surface area contributed by atoms with E-state index in [9.17, 15) is 4.79 Å². The van der Waals surface area contributed by atoms with Gasteiger partial charge in [-0.3, -0.25) is 4.79 Å². The van der Waals surface area contributed by atoms with Crippen LogP contribution in [0.15, 0.2) is 41.5 Å². The van der Waals surface area contributed by atoms with Crippen molar-refractivity contribution in [3.8, 4) is 17.2 Å². The van der Waals surface area contributed by atoms with Crippen LogP contribution in [0, 0.1) is 6.92 Å². The van der Waals surface area contributed by atoms with Crippen LogP contribution < -0.4 is 19.6 Å². The van der Waals surface area contributed by atoms with Crippen LogP contribution in [0.2, 0.25) is 0 Å². The highest BCUT2D eigenvalue weighted by Gasteiger charge is 2.11. The molecular formula is C18H20N2O4. The Balaban J connectivity index is 2.17. The number of hydrogen-bond acceptors (Lipinski definition) is 5. The molecule has 6 nitrogen and oxygen atoms in total. The molecule has 0 aliphatic carbocycles. The first-order valence-corrected chi connectivity index (χ1v) is 7.30. The second-order valence-corrected chi connectivity index (χ2v) is 4.91. The molecule has 0 fully saturated rings. The Hall–Kier alpha value is -3.02. The molecule has 0 radical (unpaired) electrons. The summed E-state index contributed by atoms with van der Waals surface area (Å²) in [6.07, 6.45) is 1.53. The van der Waals surface area contributed by atoms with Crippen molar-refractivity contribution in [2.75, 3.05) is 21.3 Å². The minimum atomic E-state index is -0.354. The summed E-state index contributed by atoms with van der Waals surface area (Å²) in [6, 6.07) is 10.6. The largest absolute Gasteiger partial charge is 0.496 e. The molecule has 0 saturated heterocycles. The van der Waals surface area contributed by atoms with E-state index in [1.165, 1.54) is 13.3 Å². The quantitative estimate of drug-likeness (QED) is 0.654. The first-order chi connectivity index (χ1) is 11.6. The van der Waals surface area contributed by atoms with Gasteiger partial charge < -0.3 is 14.2 Å². The normalized spacial score (nSPS) is 10.5. The molecule has 2 rings (SSSR count). The van der Waals surface area contributed by atoms with Crippen molar-refractivity contribution in [2.24, 2.45) is 5.10 Å². The number of carbonyl (C=O) groups excluding carboxylic acids is 1. The highest BCUT2D eigenvalue weighted by molar-refractivity contribution is 5.97. The number of carbonyl (C=O) groups is 1. The van der Waals surface area contributed by atoms with Gasteiger partial charge in [0.2, 0.25) is 0 Å². The van der Waals surface area contributed by atoms with Crippen LogP contribution in [-0.2, 0) is 0 Å². The fraction of sp³-hybridized carbons (Fsp3) is 0.222. The predicted molar refractivity (Wildman–Crippen MR) is 92.3 cm³/mol. The number of nitrogens with one attached hydrogen (secondary N) is 1. The van der Waals surface area contributed by atoms with Gasteiger partial charge in [0.05, 0.1) is 33.1 Å². The predicted octanol–water partition coefficient (Wildman–Crippen LogP) is 2.78. The van der Waals surface area contributed by atoms with Crippen molar-refractivity contribution in [1.82, 2.24) is 5.43 Å². The minimum absolute atomic E-state index is 0.354. The second kappa shape index (κ2) is 8.01. The van der Waals surface area contributed by atoms with Crippen molar-refractivity contribution in [1.29, 1.82) is 0 Å². The molecule has 2 aromatic rings. The molecule has 0 saturated carbocycles. The number of benzene rings is 2. The zero-order valence-electron chi connectivity index (χ0n) is 14.1. The lowest BCUT2D eigenvalue weighted by Gasteiger charge is -2.12. The third-order valence-corrected chi connectivity index (χ3v) is 3.53. The molecule has 0 heterocycles. The second-order valence-electron chi connectivity index (χ2n) is 4.91. The van der Waals surface area contributed by atoms with E-state index in [0.29, 0.717) is 17.1 Å². The lowest BCUT2D eigenvalue weighted by molar-refractivity contribution is 0.0952. The van der Waals surface area contributed by atoms with E-state index in [4.69, 9.17) is 14.2 Å². The molecule has 0 spiro atoms. The maximum Gasteiger partial charge on any atom is 0.275 e. The molecular weight excluding hydrogens is 308 g/mol. The zero-order chi connectivity index (χ0) is 17.5. The summed E-state index contributed by atoms with van der Waals surface area (Å²) in [6.45, 7) is 1.89. The third kappa shape index (κ3) is 3.65. The molecule has 0 aliphatic rings. The standard InChI is InChI=1S/C18H20N2O4/c1-12-15(22-2)10-9-13(17(12)24-4)11-19-20-18(21)14-7-5-6-8-16(14)23-3/h5-11H,1-4H3,(H,20,21). The third-order valence-electron chi connectivity index (χ3n) is 3.53. The molecule has 126 valence electrons. The van der Waals surface area contributed by atoms with Crippen LogP contribution in [0.4, 0.5) is 0 Å². The van der Waals surface area contributed by atoms with Crippen molar-refractivity contribution < 1.29 is 19.0 Å². The summed E-state index contributed by atoms with van der Waals surface area (Å²) in [5.74, 6) is 1.50. The number of nitrogens with zero attached hydrogens (tertiary/aromatic N) is 1. The number of rotatable bonds is 6. The highest BCUT2D eigenvalue weighted by Crippen LogP contribution is 2.30. The van der Waals surface area contributed by atoms with Gasteiger partial charge in [-0.1, -0.05) is 12.1 Å². The Morgan fingerprint density at radius 3 is 2.38 bits per heavy atom. The molecule has 1 N–H and O–H groups in total. The Kier molecular flexibility index (Phi) is 5.78. The Bertz CT molecular complexity index is 757. The molecule has 0 aromatic heterocycles. The van der Waals surface area contributed by atoms with E-state index in [0.717, 1.165) is 16.9 Å². The minimum Gasteiger partial charge on any atom is -0.496 e. The first-order valence-electron chi connectivity index (χ1n) is 7.30. The number of methoxy groups -OCH3 is 3. The maximum atomic E-state index is 12.2. The fourth-order valence-corrected chi connectivity index (χ4v) is 2.34. The maximum absolute atomic E-state index is 12.2. The fourth-order valence-electron chi connectivity index (χ4n) is 2.34. The summed E-state index contributed by atoms with van der Waals surface area (Å²) in [5.41, 5.74) is 4.49. The van der Waals surface area contributed by atoms with Gasteiger partial charge in [0.1, 0.15) is 17.2 Å². The van der Waals surface area contributed by atoms with E-state index in [2.05, 4.69) is 10.5 Å². The Labute approximate surface area is 141 Å². The Morgan fingerprint density at radius 2 is 1.71 bits per heavy atom. The van der Waals surface area contributed by atoms with Gasteiger partial charge in [-0.05, 0) is 31.2 Å². The Morgan fingerprint density at radius 1 is 1.00 bits per heavy atom. The van der Waals surface area contributed by atoms with Gasteiger partial charge in [0.15, 0.2) is 0 Å². The summed E-state index contributed by atoms with van der Waals surface area (Å²) in [4.78, 5) is 12.2. The average Bonchev–Trinajstić information content (AvgIpc) is 2.61. The average molecular weight is 328 g/mol. The van der Waals surface area contributed by atoms with E-state index >= 15 is 0 Å². The summed E-state index contributed by atoms with van der Waals surface area (Å²) >= 11 is 0. The zero-order valence-corrected chi connectivity index (χ0v) is 14.1. The van der Waals surface area contributed by atoms with Gasteiger partial charge >= 0.3 is 0 Å². The van der Waals surface area contributed by atoms with Gasteiger partial charge in [0, 0.05) is 11.1 Å². The number of ether oxygens (including phenoxy) is 3. The number of hydrogen-bond donors (Lipinski definition) is 1. The van der Waals surface area contributed by atoms with Gasteiger partial charge in [-0.2, -0.15) is 5.10 Å². The molecule has 0 atom stereocenters. The van der Waals surface area contributed by atoms with Crippen LogP contribution >= 0.6 is 0 Å². The van der Waals surface area contributed by atoms with Gasteiger partial charge in [0.25, 0.3) is 5.91 Å². The molecule has 0 aliphatic heterocycles. The summed E-state index contributed by atoms with van der Waals surface area (Å²) < 4.78 is 15.8. The molecule has 0 bridgehead atoms. The lowest BCUT2D eigenvalue weighted by Crippen LogP contribution is -2.18. The molecule has 0 unspecified atom stereocenters. The van der Waals surface area contributed by atoms with E-state index in [1.807, 2.05) is 19.1 Å². The summed E-state index contributed by atoms with van der Waals surface area (Å²) in [5, 5.41) is 4.00. The van der Waals surface area contributed by atoms with Crippen LogP contribution in [-0.4, -0.2) is 33.5 Å². The smallest absolute Gasteiger partial charge is 0.275 e. The number of para-hydroxylation sites is 1. The molecule has 6 heteroatoms. The van der Waals surface area contributed by atoms with E-state index < -0.39 is 0 Å². The number of hydrazone groups is 1. The topological polar surface area (TPSA) is 69.2 Å². The van der Waals surface area contributed by atoms with E-state index in [1.54, 1.807) is 38.5 Å². The summed E-state index contributed by atoms with van der Waals surface area (Å²) in [7, 11) is 4.69. The molecule has 1 amide bonds. The van der Waals surface area contributed by atoms with Crippen molar-refractivity contribution >= 4 is 12.1 Å². The van der Waals surface area contributed by atoms with Crippen molar-refractivity contribution in [2.45, 2.75) is 6.92 Å². The van der Waals surface area contributed by atoms with Gasteiger partial charge in [-0.25, -0.2) is 5.43 Å². The highest BCUT2D eigenvalue weighted by atomic mass is 16.5. The SMILES string of the molecule is COc1ccccc1C(=O)NN=Cc1ccc(OC)c(C)c1OC. The molecule has 24 heavy (non-hydrogen) atoms. The lowest BCUT2D eigenvalue weighted by atomic mass is 10.1. The first kappa shape index (κ1) is 17.3. The van der Waals surface area contributed by atoms with Crippen molar-refractivity contribution in [3.05, 3.63) is 53.1 Å². The monoisotopic (exact) mass is 328 g/mol. The molecule has 2 aromatic carbocycles. The number of amides is 1. The van der Waals surface area contributed by atoms with Crippen molar-refractivity contribution in [3.63, 3.8) is 0 Å². The van der Waals surface area contributed by atoms with Crippen LogP contribution in [0.1, 0.15) is 21.5 Å². The van der Waals surface area contributed by atoms with Crippen LogP contribution in [0.25, 0.3) is 0 Å².